The zero-order chi connectivity index (χ0) is 12.5. The van der Waals surface area contributed by atoms with Crippen molar-refractivity contribution in [3.63, 3.8) is 0 Å². The van der Waals surface area contributed by atoms with Crippen molar-refractivity contribution in [2.45, 2.75) is 43.9 Å². The van der Waals surface area contributed by atoms with Gasteiger partial charge in [0.15, 0.2) is 0 Å². The fourth-order valence-electron chi connectivity index (χ4n) is 3.36. The number of ether oxygens (including phenoxy) is 1. The van der Waals surface area contributed by atoms with Crippen molar-refractivity contribution in [3.8, 4) is 6.07 Å². The Kier molecular flexibility index (Phi) is 2.92. The average molecular weight is 243 g/mol. The van der Waals surface area contributed by atoms with Crippen molar-refractivity contribution < 1.29 is 4.74 Å². The minimum Gasteiger partial charge on any atom is -0.381 e. The fourth-order valence-corrected chi connectivity index (χ4v) is 3.36. The number of nitrogens with zero attached hydrogens (tertiary/aromatic N) is 3. The van der Waals surface area contributed by atoms with E-state index in [-0.39, 0.29) is 0 Å². The summed E-state index contributed by atoms with van der Waals surface area (Å²) in [5, 5.41) is 9.20. The van der Waals surface area contributed by atoms with E-state index >= 15 is 0 Å². The molecule has 3 atom stereocenters. The third kappa shape index (κ3) is 1.75. The van der Waals surface area contributed by atoms with Crippen LogP contribution in [0.5, 0.6) is 0 Å². The number of fused-ring (bicyclic) bond motifs is 2. The van der Waals surface area contributed by atoms with Crippen molar-refractivity contribution in [3.05, 3.63) is 23.9 Å². The van der Waals surface area contributed by atoms with Crippen LogP contribution in [0, 0.1) is 11.3 Å². The highest BCUT2D eigenvalue weighted by molar-refractivity contribution is 5.56. The lowest BCUT2D eigenvalue weighted by Gasteiger charge is -2.39. The Hall–Kier alpha value is -1.60. The first kappa shape index (κ1) is 11.5. The number of anilines is 1. The summed E-state index contributed by atoms with van der Waals surface area (Å²) in [6.45, 7) is 0. The summed E-state index contributed by atoms with van der Waals surface area (Å²) in [5.74, 6) is 0.863. The smallest absolute Gasteiger partial charge is 0.146 e. The maximum absolute atomic E-state index is 9.20. The van der Waals surface area contributed by atoms with Crippen molar-refractivity contribution in [2.24, 2.45) is 0 Å². The van der Waals surface area contributed by atoms with Gasteiger partial charge in [0.2, 0.25) is 0 Å². The Morgan fingerprint density at radius 1 is 1.39 bits per heavy atom. The molecular formula is C14H17N3O. The second-order valence-corrected chi connectivity index (χ2v) is 5.11. The lowest BCUT2D eigenvalue weighted by atomic mass is 9.99. The number of methoxy groups -OCH3 is 1. The lowest BCUT2D eigenvalue weighted by Crippen LogP contribution is -2.46. The Morgan fingerprint density at radius 2 is 2.11 bits per heavy atom. The van der Waals surface area contributed by atoms with Gasteiger partial charge < -0.3 is 9.64 Å². The summed E-state index contributed by atoms with van der Waals surface area (Å²) in [5.41, 5.74) is 0.685. The quantitative estimate of drug-likeness (QED) is 0.798. The zero-order valence-corrected chi connectivity index (χ0v) is 10.5. The number of rotatable bonds is 2. The van der Waals surface area contributed by atoms with Gasteiger partial charge in [-0.1, -0.05) is 0 Å². The van der Waals surface area contributed by atoms with Crippen molar-refractivity contribution in [1.29, 1.82) is 5.26 Å². The van der Waals surface area contributed by atoms with Gasteiger partial charge in [0.25, 0.3) is 0 Å². The second kappa shape index (κ2) is 4.58. The molecule has 1 aromatic heterocycles. The average Bonchev–Trinajstić information content (AvgIpc) is 2.68. The van der Waals surface area contributed by atoms with Crippen LogP contribution in [0.2, 0.25) is 0 Å². The van der Waals surface area contributed by atoms with E-state index in [4.69, 9.17) is 4.74 Å². The number of piperidine rings is 1. The second-order valence-electron chi connectivity index (χ2n) is 5.11. The Bertz CT molecular complexity index is 468. The van der Waals surface area contributed by atoms with Crippen LogP contribution in [0.15, 0.2) is 18.3 Å². The molecule has 0 spiro atoms. The standard InChI is InChI=1S/C14H17N3O/c1-18-13-7-11-4-5-12(8-13)17(11)14-10(9-15)3-2-6-16-14/h2-3,6,11-13H,4-5,7-8H2,1H3/t11-,12+,13?. The number of aromatic nitrogens is 1. The minimum atomic E-state index is 0.369. The monoisotopic (exact) mass is 243 g/mol. The van der Waals surface area contributed by atoms with Gasteiger partial charge in [-0.15, -0.1) is 0 Å². The van der Waals surface area contributed by atoms with E-state index in [0.29, 0.717) is 23.8 Å². The Balaban J connectivity index is 1.92. The van der Waals surface area contributed by atoms with E-state index in [0.717, 1.165) is 18.7 Å². The summed E-state index contributed by atoms with van der Waals surface area (Å²) < 4.78 is 5.50. The van der Waals surface area contributed by atoms with Gasteiger partial charge in [-0.3, -0.25) is 0 Å². The minimum absolute atomic E-state index is 0.369. The third-order valence-corrected chi connectivity index (χ3v) is 4.17. The molecule has 0 saturated carbocycles. The number of hydrogen-bond donors (Lipinski definition) is 0. The van der Waals surface area contributed by atoms with E-state index < -0.39 is 0 Å². The Morgan fingerprint density at radius 3 is 2.72 bits per heavy atom. The van der Waals surface area contributed by atoms with E-state index in [9.17, 15) is 5.26 Å². The summed E-state index contributed by atoms with van der Waals surface area (Å²) in [7, 11) is 1.79. The van der Waals surface area contributed by atoms with Gasteiger partial charge in [0.05, 0.1) is 11.7 Å². The number of pyridine rings is 1. The molecule has 2 saturated heterocycles. The SMILES string of the molecule is COC1C[C@H]2CC[C@@H](C1)N2c1ncccc1C#N. The number of nitriles is 1. The molecule has 2 aliphatic heterocycles. The van der Waals surface area contributed by atoms with Gasteiger partial charge in [-0.2, -0.15) is 5.26 Å². The van der Waals surface area contributed by atoms with Gasteiger partial charge in [0, 0.05) is 25.4 Å². The molecule has 2 aliphatic rings. The molecule has 2 fully saturated rings. The molecule has 0 radical (unpaired) electrons. The van der Waals surface area contributed by atoms with Crippen LogP contribution in [0.4, 0.5) is 5.82 Å². The van der Waals surface area contributed by atoms with Crippen LogP contribution < -0.4 is 4.90 Å². The Labute approximate surface area is 107 Å². The molecule has 94 valence electrons. The summed E-state index contributed by atoms with van der Waals surface area (Å²) >= 11 is 0. The highest BCUT2D eigenvalue weighted by Crippen LogP contribution is 2.40. The number of hydrogen-bond acceptors (Lipinski definition) is 4. The zero-order valence-electron chi connectivity index (χ0n) is 10.5. The predicted molar refractivity (Wildman–Crippen MR) is 68.3 cm³/mol. The van der Waals surface area contributed by atoms with Crippen molar-refractivity contribution in [1.82, 2.24) is 4.98 Å². The lowest BCUT2D eigenvalue weighted by molar-refractivity contribution is 0.0682. The summed E-state index contributed by atoms with van der Waals surface area (Å²) in [6, 6.07) is 6.89. The van der Waals surface area contributed by atoms with E-state index in [1.54, 1.807) is 13.3 Å². The molecule has 0 amide bonds. The highest BCUT2D eigenvalue weighted by atomic mass is 16.5. The molecule has 2 bridgehead atoms. The topological polar surface area (TPSA) is 49.1 Å². The third-order valence-electron chi connectivity index (χ3n) is 4.17. The summed E-state index contributed by atoms with van der Waals surface area (Å²) in [6.07, 6.45) is 6.62. The molecule has 18 heavy (non-hydrogen) atoms. The van der Waals surface area contributed by atoms with E-state index in [1.165, 1.54) is 12.8 Å². The first-order valence-electron chi connectivity index (χ1n) is 6.49. The first-order valence-corrected chi connectivity index (χ1v) is 6.49. The van der Waals surface area contributed by atoms with Crippen LogP contribution in [0.3, 0.4) is 0 Å². The van der Waals surface area contributed by atoms with Gasteiger partial charge in [0.1, 0.15) is 11.9 Å². The fraction of sp³-hybridized carbons (Fsp3) is 0.571. The maximum atomic E-state index is 9.20. The highest BCUT2D eigenvalue weighted by Gasteiger charge is 2.42. The molecule has 0 N–H and O–H groups in total. The van der Waals surface area contributed by atoms with Gasteiger partial charge >= 0.3 is 0 Å². The predicted octanol–water partition coefficient (Wildman–Crippen LogP) is 2.10. The molecule has 3 heterocycles. The van der Waals surface area contributed by atoms with Crippen molar-refractivity contribution >= 4 is 5.82 Å². The van der Waals surface area contributed by atoms with Gasteiger partial charge in [-0.05, 0) is 37.8 Å². The van der Waals surface area contributed by atoms with Crippen LogP contribution in [0.25, 0.3) is 0 Å². The largest absolute Gasteiger partial charge is 0.381 e. The van der Waals surface area contributed by atoms with Crippen LogP contribution >= 0.6 is 0 Å². The molecular weight excluding hydrogens is 226 g/mol. The first-order chi connectivity index (χ1) is 8.83. The van der Waals surface area contributed by atoms with E-state index in [1.807, 2.05) is 12.1 Å². The molecule has 0 aliphatic carbocycles. The maximum Gasteiger partial charge on any atom is 0.146 e. The molecule has 0 aromatic carbocycles. The molecule has 4 nitrogen and oxygen atoms in total. The normalized spacial score (nSPS) is 30.2. The molecule has 1 aromatic rings. The van der Waals surface area contributed by atoms with Crippen LogP contribution in [-0.2, 0) is 4.74 Å². The van der Waals surface area contributed by atoms with Crippen LogP contribution in [-0.4, -0.2) is 30.3 Å². The van der Waals surface area contributed by atoms with Crippen LogP contribution in [0.1, 0.15) is 31.2 Å². The molecule has 1 unspecified atom stereocenters. The summed E-state index contributed by atoms with van der Waals surface area (Å²) in [4.78, 5) is 6.78. The van der Waals surface area contributed by atoms with Crippen molar-refractivity contribution in [2.75, 3.05) is 12.0 Å². The van der Waals surface area contributed by atoms with Gasteiger partial charge in [-0.25, -0.2) is 4.98 Å². The molecule has 4 heteroatoms. The molecule has 3 rings (SSSR count). The van der Waals surface area contributed by atoms with E-state index in [2.05, 4.69) is 16.0 Å².